The van der Waals surface area contributed by atoms with Gasteiger partial charge in [-0.05, 0) is 37.0 Å². The van der Waals surface area contributed by atoms with Crippen LogP contribution in [0, 0.1) is 10.1 Å². The van der Waals surface area contributed by atoms with E-state index in [1.165, 1.54) is 25.1 Å². The van der Waals surface area contributed by atoms with E-state index in [0.29, 0.717) is 18.5 Å². The average molecular weight is 420 g/mol. The molecule has 0 radical (unpaired) electrons. The molecule has 2 aromatic rings. The van der Waals surface area contributed by atoms with Gasteiger partial charge in [-0.2, -0.15) is 0 Å². The lowest BCUT2D eigenvalue weighted by Gasteiger charge is -2.28. The second-order valence-corrected chi connectivity index (χ2v) is 8.52. The number of aryl methyl sites for hydroxylation is 2. The number of carbonyl (C=O) groups excluding carboxylic acids is 1. The Hall–Kier alpha value is -2.94. The smallest absolute Gasteiger partial charge is 0.271 e. The third-order valence-corrected chi connectivity index (χ3v) is 5.87. The molecule has 0 aliphatic rings. The molecule has 0 aliphatic heterocycles. The van der Waals surface area contributed by atoms with Crippen molar-refractivity contribution in [3.63, 3.8) is 0 Å². The molecule has 9 heteroatoms. The van der Waals surface area contributed by atoms with Gasteiger partial charge >= 0.3 is 0 Å². The number of sulfonamides is 1. The largest absolute Gasteiger partial charge is 0.324 e. The maximum Gasteiger partial charge on any atom is 0.271 e. The Bertz CT molecular complexity index is 998. The third kappa shape index (κ3) is 5.11. The molecule has 2 aromatic carbocycles. The van der Waals surface area contributed by atoms with Crippen molar-refractivity contribution in [2.45, 2.75) is 39.7 Å². The zero-order valence-corrected chi connectivity index (χ0v) is 17.7. The molecule has 2 rings (SSSR count). The van der Waals surface area contributed by atoms with Crippen LogP contribution < -0.4 is 9.62 Å². The van der Waals surface area contributed by atoms with Gasteiger partial charge in [-0.15, -0.1) is 0 Å². The highest BCUT2D eigenvalue weighted by Crippen LogP contribution is 2.27. The van der Waals surface area contributed by atoms with E-state index in [0.717, 1.165) is 27.8 Å². The van der Waals surface area contributed by atoms with Crippen molar-refractivity contribution in [1.82, 2.24) is 0 Å². The number of para-hydroxylation sites is 1. The molecule has 0 saturated heterocycles. The number of non-ortho nitro benzene ring substituents is 1. The lowest BCUT2D eigenvalue weighted by Crippen LogP contribution is -2.45. The van der Waals surface area contributed by atoms with Gasteiger partial charge in [0.05, 0.1) is 16.9 Å². The summed E-state index contributed by atoms with van der Waals surface area (Å²) >= 11 is 0. The fourth-order valence-corrected chi connectivity index (χ4v) is 4.35. The van der Waals surface area contributed by atoms with Crippen LogP contribution in [-0.4, -0.2) is 31.5 Å². The second kappa shape index (κ2) is 9.04. The van der Waals surface area contributed by atoms with E-state index in [9.17, 15) is 23.3 Å². The molecule has 1 atom stereocenters. The summed E-state index contributed by atoms with van der Waals surface area (Å²) in [7, 11) is -3.88. The Morgan fingerprint density at radius 2 is 1.69 bits per heavy atom. The van der Waals surface area contributed by atoms with Crippen LogP contribution in [0.15, 0.2) is 42.5 Å². The van der Waals surface area contributed by atoms with Gasteiger partial charge in [0.2, 0.25) is 15.9 Å². The molecule has 1 amide bonds. The molecule has 0 saturated carbocycles. The van der Waals surface area contributed by atoms with Gasteiger partial charge in [0.25, 0.3) is 5.69 Å². The van der Waals surface area contributed by atoms with Gasteiger partial charge in [0, 0.05) is 17.8 Å². The molecule has 156 valence electrons. The Morgan fingerprint density at radius 3 is 2.17 bits per heavy atom. The van der Waals surface area contributed by atoms with Crippen molar-refractivity contribution < 1.29 is 18.1 Å². The van der Waals surface area contributed by atoms with E-state index >= 15 is 0 Å². The number of nitro groups is 1. The first-order chi connectivity index (χ1) is 13.6. The molecule has 1 N–H and O–H groups in total. The Morgan fingerprint density at radius 1 is 1.14 bits per heavy atom. The van der Waals surface area contributed by atoms with Crippen molar-refractivity contribution in [3.05, 3.63) is 63.7 Å². The van der Waals surface area contributed by atoms with Crippen LogP contribution in [0.5, 0.6) is 0 Å². The van der Waals surface area contributed by atoms with Crippen LogP contribution >= 0.6 is 0 Å². The molecule has 1 unspecified atom stereocenters. The number of carbonyl (C=O) groups is 1. The normalized spacial score (nSPS) is 12.3. The molecule has 0 bridgehead atoms. The number of benzene rings is 2. The van der Waals surface area contributed by atoms with E-state index in [1.54, 1.807) is 0 Å². The lowest BCUT2D eigenvalue weighted by atomic mass is 10.0. The number of amides is 1. The highest BCUT2D eigenvalue weighted by Gasteiger charge is 2.30. The fourth-order valence-electron chi connectivity index (χ4n) is 3.18. The lowest BCUT2D eigenvalue weighted by molar-refractivity contribution is -0.384. The summed E-state index contributed by atoms with van der Waals surface area (Å²) in [6.07, 6.45) is 2.38. The topological polar surface area (TPSA) is 110 Å². The van der Waals surface area contributed by atoms with Crippen molar-refractivity contribution in [2.75, 3.05) is 15.9 Å². The van der Waals surface area contributed by atoms with Gasteiger partial charge in [0.15, 0.2) is 0 Å². The van der Waals surface area contributed by atoms with Crippen LogP contribution in [0.4, 0.5) is 17.1 Å². The maximum atomic E-state index is 13.0. The highest BCUT2D eigenvalue weighted by molar-refractivity contribution is 7.92. The average Bonchev–Trinajstić information content (AvgIpc) is 2.67. The summed E-state index contributed by atoms with van der Waals surface area (Å²) in [5.74, 6) is -0.516. The van der Waals surface area contributed by atoms with Crippen LogP contribution in [0.1, 0.15) is 31.9 Å². The fraction of sp³-hybridized carbons (Fsp3) is 0.350. The number of anilines is 2. The van der Waals surface area contributed by atoms with E-state index in [2.05, 4.69) is 5.32 Å². The third-order valence-electron chi connectivity index (χ3n) is 4.63. The predicted molar refractivity (Wildman–Crippen MR) is 114 cm³/mol. The van der Waals surface area contributed by atoms with Gasteiger partial charge in [-0.1, -0.05) is 38.1 Å². The molecule has 0 spiro atoms. The Balaban J connectivity index is 2.44. The first kappa shape index (κ1) is 22.4. The van der Waals surface area contributed by atoms with Crippen LogP contribution in [-0.2, 0) is 27.7 Å². The van der Waals surface area contributed by atoms with Crippen LogP contribution in [0.3, 0.4) is 0 Å². The maximum absolute atomic E-state index is 13.0. The first-order valence-electron chi connectivity index (χ1n) is 9.25. The molecule has 0 fully saturated rings. The number of rotatable bonds is 8. The zero-order valence-electron chi connectivity index (χ0n) is 16.9. The van der Waals surface area contributed by atoms with Gasteiger partial charge in [-0.3, -0.25) is 19.2 Å². The summed E-state index contributed by atoms with van der Waals surface area (Å²) in [5, 5.41) is 13.9. The van der Waals surface area contributed by atoms with E-state index < -0.39 is 26.9 Å². The summed E-state index contributed by atoms with van der Waals surface area (Å²) in [6, 6.07) is 9.85. The minimum absolute atomic E-state index is 0.0591. The minimum Gasteiger partial charge on any atom is -0.324 e. The van der Waals surface area contributed by atoms with E-state index in [1.807, 2.05) is 32.0 Å². The Kier molecular flexibility index (Phi) is 6.97. The summed E-state index contributed by atoms with van der Waals surface area (Å²) in [6.45, 7) is 5.40. The van der Waals surface area contributed by atoms with Crippen LogP contribution in [0.2, 0.25) is 0 Å². The number of hydrogen-bond acceptors (Lipinski definition) is 5. The summed E-state index contributed by atoms with van der Waals surface area (Å²) < 4.78 is 25.8. The van der Waals surface area contributed by atoms with Crippen molar-refractivity contribution in [2.24, 2.45) is 0 Å². The van der Waals surface area contributed by atoms with Gasteiger partial charge in [-0.25, -0.2) is 8.42 Å². The molecular formula is C20H25N3O5S. The van der Waals surface area contributed by atoms with E-state index in [4.69, 9.17) is 0 Å². The van der Waals surface area contributed by atoms with Crippen molar-refractivity contribution in [3.8, 4) is 0 Å². The minimum atomic E-state index is -3.88. The zero-order chi connectivity index (χ0) is 21.8. The number of hydrogen-bond donors (Lipinski definition) is 1. The predicted octanol–water partition coefficient (Wildman–Crippen LogP) is 3.51. The molecule has 8 nitrogen and oxygen atoms in total. The first-order valence-corrected chi connectivity index (χ1v) is 11.1. The molecule has 0 aromatic heterocycles. The molecule has 29 heavy (non-hydrogen) atoms. The number of nitro benzene ring substituents is 1. The molecule has 0 aliphatic carbocycles. The quantitative estimate of drug-likeness (QED) is 0.520. The number of nitrogens with one attached hydrogen (secondary N) is 1. The van der Waals surface area contributed by atoms with Gasteiger partial charge < -0.3 is 5.32 Å². The molecular weight excluding hydrogens is 394 g/mol. The Labute approximate surface area is 170 Å². The van der Waals surface area contributed by atoms with Crippen LogP contribution in [0.25, 0.3) is 0 Å². The molecule has 0 heterocycles. The monoisotopic (exact) mass is 419 g/mol. The highest BCUT2D eigenvalue weighted by atomic mass is 32.2. The van der Waals surface area contributed by atoms with Crippen molar-refractivity contribution >= 4 is 33.0 Å². The standard InChI is InChI=1S/C20H25N3O5S/c1-5-15-9-7-10-16(6-2)19(15)21-20(24)14(3)22(29(4,27)28)17-11-8-12-18(13-17)23(25)26/h7-14H,5-6H2,1-4H3,(H,21,24). The van der Waals surface area contributed by atoms with Crippen molar-refractivity contribution in [1.29, 1.82) is 0 Å². The SMILES string of the molecule is CCc1cccc(CC)c1NC(=O)C(C)N(c1cccc([N+](=O)[O-])c1)S(C)(=O)=O. The number of nitrogens with zero attached hydrogens (tertiary/aromatic N) is 2. The van der Waals surface area contributed by atoms with Gasteiger partial charge in [0.1, 0.15) is 6.04 Å². The van der Waals surface area contributed by atoms with E-state index in [-0.39, 0.29) is 11.4 Å². The second-order valence-electron chi connectivity index (χ2n) is 6.66. The summed E-state index contributed by atoms with van der Waals surface area (Å²) in [5.41, 5.74) is 2.39. The summed E-state index contributed by atoms with van der Waals surface area (Å²) in [4.78, 5) is 23.4.